The second-order valence-corrected chi connectivity index (χ2v) is 3.69. The summed E-state index contributed by atoms with van der Waals surface area (Å²) in [6, 6.07) is 0.424. The number of alkyl halides is 1. The molecular weight excluding hydrogens is 162 g/mol. The summed E-state index contributed by atoms with van der Waals surface area (Å²) in [6.45, 7) is 3.98. The van der Waals surface area contributed by atoms with Crippen LogP contribution in [0.2, 0.25) is 0 Å². The van der Waals surface area contributed by atoms with Crippen LogP contribution in [0, 0.1) is 11.8 Å². The van der Waals surface area contributed by atoms with Crippen LogP contribution in [0.5, 0.6) is 0 Å². The average molecular weight is 176 g/mol. The minimum absolute atomic E-state index is 0.0514. The van der Waals surface area contributed by atoms with Gasteiger partial charge in [0.25, 0.3) is 0 Å². The van der Waals surface area contributed by atoms with Crippen molar-refractivity contribution in [3.8, 4) is 0 Å². The van der Waals surface area contributed by atoms with Gasteiger partial charge in [0.1, 0.15) is 0 Å². The number of halogens is 1. The van der Waals surface area contributed by atoms with Crippen molar-refractivity contribution in [1.29, 1.82) is 0 Å². The number of carbonyl (C=O) groups is 1. The Morgan fingerprint density at radius 3 is 2.73 bits per heavy atom. The number of hydrogen-bond donors (Lipinski definition) is 1. The zero-order valence-electron chi connectivity index (χ0n) is 6.93. The molecule has 1 aliphatic carbocycles. The third-order valence-electron chi connectivity index (χ3n) is 2.12. The van der Waals surface area contributed by atoms with E-state index in [2.05, 4.69) is 12.2 Å². The Hall–Kier alpha value is -0.240. The van der Waals surface area contributed by atoms with Gasteiger partial charge in [-0.25, -0.2) is 0 Å². The predicted octanol–water partition coefficient (Wildman–Crippen LogP) is 1.39. The molecule has 2 nitrogen and oxygen atoms in total. The van der Waals surface area contributed by atoms with Crippen LogP contribution in [-0.4, -0.2) is 17.8 Å². The molecule has 3 heteroatoms. The molecule has 1 aliphatic rings. The lowest BCUT2D eigenvalue weighted by Crippen LogP contribution is -2.32. The highest BCUT2D eigenvalue weighted by molar-refractivity contribution is 6.19. The van der Waals surface area contributed by atoms with Crippen LogP contribution >= 0.6 is 11.6 Å². The first kappa shape index (κ1) is 8.85. The summed E-state index contributed by atoms with van der Waals surface area (Å²) >= 11 is 5.53. The Morgan fingerprint density at radius 1 is 1.82 bits per heavy atom. The van der Waals surface area contributed by atoms with Gasteiger partial charge in [0, 0.05) is 17.8 Å². The van der Waals surface area contributed by atoms with Gasteiger partial charge in [0.15, 0.2) is 0 Å². The van der Waals surface area contributed by atoms with E-state index >= 15 is 0 Å². The Kier molecular flexibility index (Phi) is 2.77. The number of nitrogens with one attached hydrogen (secondary N) is 1. The fourth-order valence-electron chi connectivity index (χ4n) is 0.918. The van der Waals surface area contributed by atoms with Crippen molar-refractivity contribution < 1.29 is 4.79 Å². The molecule has 11 heavy (non-hydrogen) atoms. The third-order valence-corrected chi connectivity index (χ3v) is 2.58. The van der Waals surface area contributed by atoms with Crippen molar-refractivity contribution in [3.63, 3.8) is 0 Å². The van der Waals surface area contributed by atoms with Gasteiger partial charge in [-0.1, -0.05) is 13.8 Å². The van der Waals surface area contributed by atoms with Gasteiger partial charge >= 0.3 is 0 Å². The first-order valence-corrected chi connectivity index (χ1v) is 4.55. The molecule has 1 N–H and O–H groups in total. The highest BCUT2D eigenvalue weighted by Gasteiger charge is 2.34. The van der Waals surface area contributed by atoms with Crippen LogP contribution in [0.1, 0.15) is 20.3 Å². The van der Waals surface area contributed by atoms with Crippen LogP contribution in [0.25, 0.3) is 0 Å². The number of rotatable bonds is 3. The Morgan fingerprint density at radius 2 is 2.36 bits per heavy atom. The monoisotopic (exact) mass is 175 g/mol. The standard InChI is InChI=1S/C8H14ClNO/c1-5-3-7(5)10-8(11)6(2)4-9/h5-7H,3-4H2,1-2H3,(H,10,11). The molecule has 0 aromatic rings. The lowest BCUT2D eigenvalue weighted by molar-refractivity contribution is -0.124. The van der Waals surface area contributed by atoms with Gasteiger partial charge in [-0.2, -0.15) is 0 Å². The van der Waals surface area contributed by atoms with Crippen LogP contribution in [-0.2, 0) is 4.79 Å². The first-order chi connectivity index (χ1) is 5.15. The molecule has 64 valence electrons. The summed E-state index contributed by atoms with van der Waals surface area (Å²) in [5.74, 6) is 1.12. The molecule has 1 saturated carbocycles. The normalized spacial score (nSPS) is 31.2. The SMILES string of the molecule is CC(CCl)C(=O)NC1CC1C. The van der Waals surface area contributed by atoms with E-state index in [4.69, 9.17) is 11.6 Å². The largest absolute Gasteiger partial charge is 0.353 e. The fourth-order valence-corrected chi connectivity index (χ4v) is 1.06. The predicted molar refractivity (Wildman–Crippen MR) is 45.6 cm³/mol. The van der Waals surface area contributed by atoms with Crippen molar-refractivity contribution in [2.24, 2.45) is 11.8 Å². The van der Waals surface area contributed by atoms with Crippen molar-refractivity contribution in [1.82, 2.24) is 5.32 Å². The molecular formula is C8H14ClNO. The van der Waals surface area contributed by atoms with E-state index in [0.717, 1.165) is 6.42 Å². The zero-order chi connectivity index (χ0) is 8.43. The van der Waals surface area contributed by atoms with Crippen molar-refractivity contribution in [2.75, 3.05) is 5.88 Å². The van der Waals surface area contributed by atoms with E-state index < -0.39 is 0 Å². The summed E-state index contributed by atoms with van der Waals surface area (Å²) in [6.07, 6.45) is 1.13. The molecule has 0 aromatic heterocycles. The second-order valence-electron chi connectivity index (χ2n) is 3.38. The summed E-state index contributed by atoms with van der Waals surface area (Å²) in [5.41, 5.74) is 0. The summed E-state index contributed by atoms with van der Waals surface area (Å²) in [5, 5.41) is 2.93. The van der Waals surface area contributed by atoms with Crippen molar-refractivity contribution >= 4 is 17.5 Å². The smallest absolute Gasteiger partial charge is 0.224 e. The maximum atomic E-state index is 11.2. The third kappa shape index (κ3) is 2.37. The van der Waals surface area contributed by atoms with E-state index in [1.54, 1.807) is 0 Å². The molecule has 0 radical (unpaired) electrons. The van der Waals surface area contributed by atoms with Gasteiger partial charge in [0.05, 0.1) is 0 Å². The quantitative estimate of drug-likeness (QED) is 0.646. The van der Waals surface area contributed by atoms with E-state index in [9.17, 15) is 4.79 Å². The van der Waals surface area contributed by atoms with Crippen LogP contribution in [0.15, 0.2) is 0 Å². The molecule has 0 saturated heterocycles. The van der Waals surface area contributed by atoms with Gasteiger partial charge < -0.3 is 5.32 Å². The van der Waals surface area contributed by atoms with Gasteiger partial charge in [-0.3, -0.25) is 4.79 Å². The van der Waals surface area contributed by atoms with Crippen LogP contribution < -0.4 is 5.32 Å². The maximum Gasteiger partial charge on any atom is 0.224 e. The van der Waals surface area contributed by atoms with E-state index in [-0.39, 0.29) is 11.8 Å². The minimum atomic E-state index is -0.0514. The van der Waals surface area contributed by atoms with Crippen molar-refractivity contribution in [2.45, 2.75) is 26.3 Å². The number of carbonyl (C=O) groups excluding carboxylic acids is 1. The maximum absolute atomic E-state index is 11.2. The van der Waals surface area contributed by atoms with E-state index in [1.807, 2.05) is 6.92 Å². The first-order valence-electron chi connectivity index (χ1n) is 4.01. The lowest BCUT2D eigenvalue weighted by Gasteiger charge is -2.07. The minimum Gasteiger partial charge on any atom is -0.353 e. The number of hydrogen-bond acceptors (Lipinski definition) is 1. The van der Waals surface area contributed by atoms with Crippen molar-refractivity contribution in [3.05, 3.63) is 0 Å². The lowest BCUT2D eigenvalue weighted by atomic mass is 10.2. The molecule has 1 amide bonds. The second kappa shape index (κ2) is 3.44. The van der Waals surface area contributed by atoms with Crippen LogP contribution in [0.4, 0.5) is 0 Å². The van der Waals surface area contributed by atoms with Gasteiger partial charge in [-0.05, 0) is 12.3 Å². The topological polar surface area (TPSA) is 29.1 Å². The fraction of sp³-hybridized carbons (Fsp3) is 0.875. The van der Waals surface area contributed by atoms with E-state index in [1.165, 1.54) is 0 Å². The molecule has 0 heterocycles. The highest BCUT2D eigenvalue weighted by atomic mass is 35.5. The molecule has 1 rings (SSSR count). The molecule has 0 aliphatic heterocycles. The molecule has 3 atom stereocenters. The van der Waals surface area contributed by atoms with Gasteiger partial charge in [-0.15, -0.1) is 11.6 Å². The Balaban J connectivity index is 2.21. The Bertz CT molecular complexity index is 160. The average Bonchev–Trinajstić information content (AvgIpc) is 2.65. The molecule has 1 fully saturated rings. The highest BCUT2D eigenvalue weighted by Crippen LogP contribution is 2.29. The Labute approximate surface area is 72.3 Å². The summed E-state index contributed by atoms with van der Waals surface area (Å²) in [7, 11) is 0. The number of amides is 1. The summed E-state index contributed by atoms with van der Waals surface area (Å²) in [4.78, 5) is 11.2. The van der Waals surface area contributed by atoms with Gasteiger partial charge in [0.2, 0.25) is 5.91 Å². The molecule has 0 bridgehead atoms. The van der Waals surface area contributed by atoms with Crippen LogP contribution in [0.3, 0.4) is 0 Å². The zero-order valence-corrected chi connectivity index (χ0v) is 7.69. The molecule has 3 unspecified atom stereocenters. The molecule has 0 aromatic carbocycles. The van der Waals surface area contributed by atoms with E-state index in [0.29, 0.717) is 17.8 Å². The molecule has 0 spiro atoms. The summed E-state index contributed by atoms with van der Waals surface area (Å²) < 4.78 is 0.